The zero-order valence-electron chi connectivity index (χ0n) is 17.1. The molecule has 1 atom stereocenters. The summed E-state index contributed by atoms with van der Waals surface area (Å²) in [5, 5.41) is 2.23. The Labute approximate surface area is 184 Å². The number of urea groups is 1. The van der Waals surface area contributed by atoms with Crippen LogP contribution in [0.1, 0.15) is 42.9 Å². The fraction of sp³-hybridized carbons (Fsp3) is 0.429. The van der Waals surface area contributed by atoms with Crippen LogP contribution >= 0.6 is 11.9 Å². The summed E-state index contributed by atoms with van der Waals surface area (Å²) < 4.78 is 23.0. The van der Waals surface area contributed by atoms with Crippen molar-refractivity contribution in [3.05, 3.63) is 53.4 Å². The number of halogens is 1. The number of rotatable bonds is 10. The first-order valence-corrected chi connectivity index (χ1v) is 11.2. The molecule has 10 heteroatoms. The number of benzene rings is 1. The smallest absolute Gasteiger partial charge is 0.324 e. The summed E-state index contributed by atoms with van der Waals surface area (Å²) in [5.74, 6) is 1.26. The molecule has 2 aromatic rings. The number of hydrogen-bond acceptors (Lipinski definition) is 7. The quantitative estimate of drug-likeness (QED) is 0.429. The molecule has 164 valence electrons. The predicted octanol–water partition coefficient (Wildman–Crippen LogP) is 2.96. The molecule has 0 spiro atoms. The largest absolute Gasteiger partial charge is 0.490 e. The average Bonchev–Trinajstić information content (AvgIpc) is 3.52. The molecule has 1 aliphatic carbocycles. The van der Waals surface area contributed by atoms with Gasteiger partial charge in [0.2, 0.25) is 5.91 Å². The molecule has 1 saturated heterocycles. The van der Waals surface area contributed by atoms with Gasteiger partial charge in [-0.3, -0.25) is 14.8 Å². The van der Waals surface area contributed by atoms with Crippen molar-refractivity contribution in [1.29, 1.82) is 0 Å². The van der Waals surface area contributed by atoms with Crippen molar-refractivity contribution in [1.82, 2.24) is 24.9 Å². The Balaban J connectivity index is 1.28. The summed E-state index contributed by atoms with van der Waals surface area (Å²) in [6, 6.07) is 6.30. The van der Waals surface area contributed by atoms with Crippen LogP contribution in [0.4, 0.5) is 9.18 Å². The van der Waals surface area contributed by atoms with Crippen LogP contribution in [-0.4, -0.2) is 40.0 Å². The van der Waals surface area contributed by atoms with Crippen molar-refractivity contribution in [3.63, 3.8) is 0 Å². The lowest BCUT2D eigenvalue weighted by Gasteiger charge is -2.16. The minimum atomic E-state index is -0.427. The number of imide groups is 1. The van der Waals surface area contributed by atoms with E-state index in [0.29, 0.717) is 29.9 Å². The van der Waals surface area contributed by atoms with E-state index in [4.69, 9.17) is 4.74 Å². The fourth-order valence-corrected chi connectivity index (χ4v) is 3.86. The minimum absolute atomic E-state index is 0.0181. The molecule has 2 heterocycles. The topological polar surface area (TPSA) is 96.5 Å². The van der Waals surface area contributed by atoms with Gasteiger partial charge < -0.3 is 9.64 Å². The van der Waals surface area contributed by atoms with Crippen LogP contribution in [0.3, 0.4) is 0 Å². The number of amides is 3. The van der Waals surface area contributed by atoms with E-state index in [1.807, 2.05) is 6.92 Å². The molecule has 8 nitrogen and oxygen atoms in total. The van der Waals surface area contributed by atoms with Crippen molar-refractivity contribution in [3.8, 4) is 5.75 Å². The summed E-state index contributed by atoms with van der Waals surface area (Å²) >= 11 is 1.48. The molecule has 1 aromatic carbocycles. The fourth-order valence-electron chi connectivity index (χ4n) is 3.08. The van der Waals surface area contributed by atoms with Crippen molar-refractivity contribution < 1.29 is 18.7 Å². The molecule has 2 N–H and O–H groups in total. The van der Waals surface area contributed by atoms with Crippen LogP contribution in [0.5, 0.6) is 5.75 Å². The van der Waals surface area contributed by atoms with Crippen LogP contribution < -0.4 is 14.8 Å². The van der Waals surface area contributed by atoms with E-state index in [-0.39, 0.29) is 30.9 Å². The Morgan fingerprint density at radius 1 is 1.35 bits per heavy atom. The van der Waals surface area contributed by atoms with E-state index in [0.717, 1.165) is 24.1 Å². The third kappa shape index (κ3) is 5.92. The highest BCUT2D eigenvalue weighted by Gasteiger charge is 2.27. The molecule has 1 aromatic heterocycles. The molecule has 2 fully saturated rings. The molecule has 0 radical (unpaired) electrons. The average molecular weight is 446 g/mol. The molecular formula is C21H24FN5O3S. The molecule has 2 aliphatic rings. The zero-order chi connectivity index (χ0) is 21.8. The summed E-state index contributed by atoms with van der Waals surface area (Å²) in [7, 11) is 0. The standard InChI is InChI=1S/C21H24FN5O3S/c1-13(15-4-5-17(22)18(8-15)30-11-14-2-3-14)26-31-12-16-6-7-23-19(24-16)9-27-10-20(28)25-21(27)29/h4-8,13-14,26H,2-3,9-12H2,1H3,(H,25,28,29). The van der Waals surface area contributed by atoms with Gasteiger partial charge in [-0.1, -0.05) is 18.0 Å². The maximum atomic E-state index is 14.0. The van der Waals surface area contributed by atoms with Gasteiger partial charge in [-0.25, -0.2) is 19.2 Å². The lowest BCUT2D eigenvalue weighted by Crippen LogP contribution is -2.28. The summed E-state index contributed by atoms with van der Waals surface area (Å²) in [5.41, 5.74) is 1.74. The van der Waals surface area contributed by atoms with Crippen molar-refractivity contribution >= 4 is 23.9 Å². The van der Waals surface area contributed by atoms with Gasteiger partial charge in [0.15, 0.2) is 11.6 Å². The van der Waals surface area contributed by atoms with Crippen molar-refractivity contribution in [2.75, 3.05) is 13.2 Å². The Morgan fingerprint density at radius 3 is 2.94 bits per heavy atom. The molecule has 0 bridgehead atoms. The van der Waals surface area contributed by atoms with Crippen LogP contribution in [0.15, 0.2) is 30.5 Å². The molecule has 3 amide bonds. The summed E-state index contributed by atoms with van der Waals surface area (Å²) in [6.07, 6.45) is 3.95. The maximum Gasteiger partial charge on any atom is 0.324 e. The highest BCUT2D eigenvalue weighted by molar-refractivity contribution is 7.96. The van der Waals surface area contributed by atoms with Crippen LogP contribution in [-0.2, 0) is 17.1 Å². The maximum absolute atomic E-state index is 14.0. The first-order valence-electron chi connectivity index (χ1n) is 10.2. The lowest BCUT2D eigenvalue weighted by molar-refractivity contribution is -0.118. The molecular weight excluding hydrogens is 421 g/mol. The van der Waals surface area contributed by atoms with Gasteiger partial charge in [-0.15, -0.1) is 0 Å². The van der Waals surface area contributed by atoms with Crippen LogP contribution in [0.25, 0.3) is 0 Å². The minimum Gasteiger partial charge on any atom is -0.490 e. The Kier molecular flexibility index (Phi) is 6.67. The monoisotopic (exact) mass is 445 g/mol. The highest BCUT2D eigenvalue weighted by atomic mass is 32.2. The van der Waals surface area contributed by atoms with E-state index < -0.39 is 6.03 Å². The first kappa shape index (κ1) is 21.5. The molecule has 4 rings (SSSR count). The van der Waals surface area contributed by atoms with Gasteiger partial charge in [0.05, 0.1) is 24.6 Å². The number of aromatic nitrogens is 2. The summed E-state index contributed by atoms with van der Waals surface area (Å²) in [4.78, 5) is 33.0. The Bertz CT molecular complexity index is 972. The van der Waals surface area contributed by atoms with Crippen molar-refractivity contribution in [2.45, 2.75) is 38.1 Å². The van der Waals surface area contributed by atoms with Gasteiger partial charge in [-0.2, -0.15) is 0 Å². The molecule has 31 heavy (non-hydrogen) atoms. The lowest BCUT2D eigenvalue weighted by atomic mass is 10.1. The Hall–Kier alpha value is -2.72. The Morgan fingerprint density at radius 2 is 2.19 bits per heavy atom. The predicted molar refractivity (Wildman–Crippen MR) is 113 cm³/mol. The number of carbonyl (C=O) groups excluding carboxylic acids is 2. The number of nitrogens with one attached hydrogen (secondary N) is 2. The molecule has 1 aliphatic heterocycles. The third-order valence-electron chi connectivity index (χ3n) is 5.07. The van der Waals surface area contributed by atoms with E-state index in [1.54, 1.807) is 24.4 Å². The van der Waals surface area contributed by atoms with Gasteiger partial charge in [-0.05, 0) is 49.4 Å². The van der Waals surface area contributed by atoms with Gasteiger partial charge >= 0.3 is 6.03 Å². The van der Waals surface area contributed by atoms with Crippen molar-refractivity contribution in [2.24, 2.45) is 5.92 Å². The van der Waals surface area contributed by atoms with E-state index in [2.05, 4.69) is 20.0 Å². The molecule has 1 unspecified atom stereocenters. The number of hydrogen-bond donors (Lipinski definition) is 2. The molecule has 1 saturated carbocycles. The van der Waals surface area contributed by atoms with E-state index >= 15 is 0 Å². The zero-order valence-corrected chi connectivity index (χ0v) is 18.0. The third-order valence-corrected chi connectivity index (χ3v) is 6.03. The second kappa shape index (κ2) is 9.61. The summed E-state index contributed by atoms with van der Waals surface area (Å²) in [6.45, 7) is 2.77. The second-order valence-corrected chi connectivity index (χ2v) is 8.56. The SMILES string of the molecule is CC(NSCc1ccnc(CN2CC(=O)NC2=O)n1)c1ccc(F)c(OCC2CC2)c1. The van der Waals surface area contributed by atoms with Gasteiger partial charge in [0.25, 0.3) is 0 Å². The number of carbonyl (C=O) groups is 2. The van der Waals surface area contributed by atoms with Crippen LogP contribution in [0.2, 0.25) is 0 Å². The van der Waals surface area contributed by atoms with E-state index in [1.165, 1.54) is 22.9 Å². The van der Waals surface area contributed by atoms with Crippen LogP contribution in [0, 0.1) is 11.7 Å². The van der Waals surface area contributed by atoms with E-state index in [9.17, 15) is 14.0 Å². The highest BCUT2D eigenvalue weighted by Crippen LogP contribution is 2.31. The normalized spacial score (nSPS) is 17.0. The number of ether oxygens (including phenoxy) is 1. The number of nitrogens with zero attached hydrogens (tertiary/aromatic N) is 3. The van der Waals surface area contributed by atoms with Gasteiger partial charge in [0.1, 0.15) is 12.4 Å². The first-order chi connectivity index (χ1) is 15.0. The second-order valence-electron chi connectivity index (χ2n) is 7.75. The van der Waals surface area contributed by atoms with Gasteiger partial charge in [0, 0.05) is 12.2 Å².